The summed E-state index contributed by atoms with van der Waals surface area (Å²) in [5, 5.41) is 0.672. The lowest BCUT2D eigenvalue weighted by molar-refractivity contribution is 0.843. The van der Waals surface area contributed by atoms with E-state index in [1.807, 2.05) is 13.0 Å². The lowest BCUT2D eigenvalue weighted by Crippen LogP contribution is -2.17. The van der Waals surface area contributed by atoms with Crippen LogP contribution in [0, 0.1) is 13.8 Å². The summed E-state index contributed by atoms with van der Waals surface area (Å²) in [6.45, 7) is 4.07. The summed E-state index contributed by atoms with van der Waals surface area (Å²) in [5.74, 6) is 0. The number of hydrogen-bond acceptors (Lipinski definition) is 2. The van der Waals surface area contributed by atoms with Gasteiger partial charge in [-0.05, 0) is 37.1 Å². The summed E-state index contributed by atoms with van der Waals surface area (Å²) in [6, 6.07) is 12.3. The van der Waals surface area contributed by atoms with Gasteiger partial charge in [-0.15, -0.1) is 0 Å². The molecule has 0 aliphatic rings. The van der Waals surface area contributed by atoms with E-state index in [4.69, 9.17) is 0 Å². The number of hydrogen-bond donors (Lipinski definition) is 0. The standard InChI is InChI=1S/C17H16N2O/c1-11-4-6-13(7-5-11)14-8-12(2)9-15-16(14)18-10-19(3)17(15)20/h4-10H,1-3H3. The Morgan fingerprint density at radius 2 is 1.70 bits per heavy atom. The molecule has 0 radical (unpaired) electrons. The molecule has 0 atom stereocenters. The van der Waals surface area contributed by atoms with Gasteiger partial charge in [-0.25, -0.2) is 4.98 Å². The van der Waals surface area contributed by atoms with Gasteiger partial charge in [-0.1, -0.05) is 29.8 Å². The van der Waals surface area contributed by atoms with E-state index < -0.39 is 0 Å². The number of aromatic nitrogens is 2. The Balaban J connectivity index is 2.38. The van der Waals surface area contributed by atoms with Gasteiger partial charge in [0, 0.05) is 12.6 Å². The van der Waals surface area contributed by atoms with E-state index in [0.29, 0.717) is 5.39 Å². The van der Waals surface area contributed by atoms with Crippen LogP contribution in [-0.4, -0.2) is 9.55 Å². The molecule has 0 bridgehead atoms. The predicted octanol–water partition coefficient (Wildman–Crippen LogP) is 3.22. The maximum atomic E-state index is 12.2. The summed E-state index contributed by atoms with van der Waals surface area (Å²) in [6.07, 6.45) is 1.58. The summed E-state index contributed by atoms with van der Waals surface area (Å²) in [5.41, 5.74) is 5.14. The maximum absolute atomic E-state index is 12.2. The van der Waals surface area contributed by atoms with Gasteiger partial charge < -0.3 is 4.57 Å². The molecule has 1 heterocycles. The first kappa shape index (κ1) is 12.6. The van der Waals surface area contributed by atoms with Crippen LogP contribution in [0.5, 0.6) is 0 Å². The molecule has 0 aliphatic heterocycles. The van der Waals surface area contributed by atoms with Crippen molar-refractivity contribution < 1.29 is 0 Å². The van der Waals surface area contributed by atoms with E-state index in [-0.39, 0.29) is 5.56 Å². The third kappa shape index (κ3) is 2.01. The SMILES string of the molecule is Cc1ccc(-c2cc(C)cc3c(=O)n(C)cnc23)cc1. The highest BCUT2D eigenvalue weighted by atomic mass is 16.1. The number of rotatable bonds is 1. The monoisotopic (exact) mass is 264 g/mol. The Morgan fingerprint density at radius 3 is 2.40 bits per heavy atom. The number of fused-ring (bicyclic) bond motifs is 1. The highest BCUT2D eigenvalue weighted by molar-refractivity contribution is 5.93. The smallest absolute Gasteiger partial charge is 0.260 e. The average Bonchev–Trinajstić information content (AvgIpc) is 2.43. The summed E-state index contributed by atoms with van der Waals surface area (Å²) >= 11 is 0. The molecule has 0 saturated carbocycles. The molecule has 3 aromatic rings. The summed E-state index contributed by atoms with van der Waals surface area (Å²) in [4.78, 5) is 16.7. The molecule has 0 spiro atoms. The number of aryl methyl sites for hydroxylation is 3. The molecule has 0 unspecified atom stereocenters. The van der Waals surface area contributed by atoms with Crippen molar-refractivity contribution in [2.24, 2.45) is 7.05 Å². The fourth-order valence-electron chi connectivity index (χ4n) is 2.42. The molecule has 0 fully saturated rings. The lowest BCUT2D eigenvalue weighted by Gasteiger charge is -2.09. The lowest BCUT2D eigenvalue weighted by atomic mass is 9.99. The molecule has 0 N–H and O–H groups in total. The number of benzene rings is 2. The molecule has 0 saturated heterocycles. The van der Waals surface area contributed by atoms with Crippen molar-refractivity contribution in [3.8, 4) is 11.1 Å². The molecule has 3 nitrogen and oxygen atoms in total. The fourth-order valence-corrected chi connectivity index (χ4v) is 2.42. The van der Waals surface area contributed by atoms with Gasteiger partial charge in [0.15, 0.2) is 0 Å². The van der Waals surface area contributed by atoms with E-state index in [1.165, 1.54) is 10.1 Å². The first-order chi connectivity index (χ1) is 9.56. The minimum Gasteiger partial charge on any atom is -0.302 e. The Kier molecular flexibility index (Phi) is 2.90. The van der Waals surface area contributed by atoms with Crippen LogP contribution in [0.15, 0.2) is 47.5 Å². The zero-order valence-electron chi connectivity index (χ0n) is 11.8. The molecule has 20 heavy (non-hydrogen) atoms. The van der Waals surface area contributed by atoms with Crippen LogP contribution in [0.2, 0.25) is 0 Å². The van der Waals surface area contributed by atoms with Gasteiger partial charge in [0.25, 0.3) is 5.56 Å². The van der Waals surface area contributed by atoms with Crippen LogP contribution in [0.1, 0.15) is 11.1 Å². The van der Waals surface area contributed by atoms with Crippen LogP contribution < -0.4 is 5.56 Å². The van der Waals surface area contributed by atoms with Crippen molar-refractivity contribution in [1.82, 2.24) is 9.55 Å². The van der Waals surface area contributed by atoms with Crippen molar-refractivity contribution in [2.45, 2.75) is 13.8 Å². The Labute approximate surface area is 117 Å². The van der Waals surface area contributed by atoms with Gasteiger partial charge in [0.2, 0.25) is 0 Å². The zero-order chi connectivity index (χ0) is 14.3. The zero-order valence-corrected chi connectivity index (χ0v) is 11.8. The third-order valence-corrected chi connectivity index (χ3v) is 3.53. The first-order valence-electron chi connectivity index (χ1n) is 6.59. The molecule has 100 valence electrons. The minimum atomic E-state index is -0.00735. The Bertz CT molecular complexity index is 845. The van der Waals surface area contributed by atoms with E-state index in [1.54, 1.807) is 13.4 Å². The topological polar surface area (TPSA) is 34.9 Å². The molecule has 3 heteroatoms. The van der Waals surface area contributed by atoms with Gasteiger partial charge in [0.1, 0.15) is 0 Å². The average molecular weight is 264 g/mol. The second kappa shape index (κ2) is 4.60. The van der Waals surface area contributed by atoms with Gasteiger partial charge in [0.05, 0.1) is 17.2 Å². The summed E-state index contributed by atoms with van der Waals surface area (Å²) < 4.78 is 1.51. The second-order valence-electron chi connectivity index (χ2n) is 5.24. The molecule has 2 aromatic carbocycles. The van der Waals surface area contributed by atoms with Crippen molar-refractivity contribution in [1.29, 1.82) is 0 Å². The first-order valence-corrected chi connectivity index (χ1v) is 6.59. The van der Waals surface area contributed by atoms with E-state index in [0.717, 1.165) is 22.2 Å². The maximum Gasteiger partial charge on any atom is 0.260 e. The predicted molar refractivity (Wildman–Crippen MR) is 81.9 cm³/mol. The van der Waals surface area contributed by atoms with Crippen molar-refractivity contribution in [2.75, 3.05) is 0 Å². The molecule has 1 aromatic heterocycles. The highest BCUT2D eigenvalue weighted by Gasteiger charge is 2.09. The minimum absolute atomic E-state index is 0.00735. The Hall–Kier alpha value is -2.42. The van der Waals surface area contributed by atoms with Crippen LogP contribution in [0.25, 0.3) is 22.0 Å². The van der Waals surface area contributed by atoms with Gasteiger partial charge >= 0.3 is 0 Å². The Morgan fingerprint density at radius 1 is 1.00 bits per heavy atom. The molecular weight excluding hydrogens is 248 g/mol. The van der Waals surface area contributed by atoms with Gasteiger partial charge in [-0.2, -0.15) is 0 Å². The van der Waals surface area contributed by atoms with Crippen LogP contribution in [-0.2, 0) is 7.05 Å². The van der Waals surface area contributed by atoms with Crippen molar-refractivity contribution in [3.63, 3.8) is 0 Å². The van der Waals surface area contributed by atoms with Gasteiger partial charge in [-0.3, -0.25) is 4.79 Å². The van der Waals surface area contributed by atoms with Crippen LogP contribution >= 0.6 is 0 Å². The van der Waals surface area contributed by atoms with E-state index >= 15 is 0 Å². The normalized spacial score (nSPS) is 10.9. The van der Waals surface area contributed by atoms with Crippen molar-refractivity contribution in [3.05, 3.63) is 64.2 Å². The van der Waals surface area contributed by atoms with Crippen molar-refractivity contribution >= 4 is 10.9 Å². The third-order valence-electron chi connectivity index (χ3n) is 3.53. The molecule has 0 aliphatic carbocycles. The molecule has 3 rings (SSSR count). The van der Waals surface area contributed by atoms with E-state index in [2.05, 4.69) is 42.2 Å². The fraction of sp³-hybridized carbons (Fsp3) is 0.176. The quantitative estimate of drug-likeness (QED) is 0.676. The molecule has 0 amide bonds. The highest BCUT2D eigenvalue weighted by Crippen LogP contribution is 2.27. The molecular formula is C17H16N2O. The van der Waals surface area contributed by atoms with Crippen LogP contribution in [0.3, 0.4) is 0 Å². The van der Waals surface area contributed by atoms with E-state index in [9.17, 15) is 4.79 Å². The summed E-state index contributed by atoms with van der Waals surface area (Å²) in [7, 11) is 1.72. The van der Waals surface area contributed by atoms with Crippen LogP contribution in [0.4, 0.5) is 0 Å². The number of nitrogens with zero attached hydrogens (tertiary/aromatic N) is 2. The second-order valence-corrected chi connectivity index (χ2v) is 5.24. The largest absolute Gasteiger partial charge is 0.302 e.